The molecule has 0 saturated carbocycles. The highest BCUT2D eigenvalue weighted by Crippen LogP contribution is 2.26. The van der Waals surface area contributed by atoms with Gasteiger partial charge in [0.25, 0.3) is 0 Å². The van der Waals surface area contributed by atoms with Gasteiger partial charge in [-0.2, -0.15) is 0 Å². The first-order chi connectivity index (χ1) is 8.77. The highest BCUT2D eigenvalue weighted by molar-refractivity contribution is 5.95. The first kappa shape index (κ1) is 15.3. The molecule has 5 heteroatoms. The van der Waals surface area contributed by atoms with Crippen LogP contribution in [0.25, 0.3) is 0 Å². The molecule has 106 valence electrons. The molecule has 1 atom stereocenters. The topological polar surface area (TPSA) is 73.6 Å². The van der Waals surface area contributed by atoms with Crippen LogP contribution in [0, 0.1) is 5.41 Å². The molecule has 1 aromatic carbocycles. The van der Waals surface area contributed by atoms with Crippen molar-refractivity contribution in [3.05, 3.63) is 18.2 Å². The lowest BCUT2D eigenvalue weighted by molar-refractivity contribution is -0.119. The van der Waals surface area contributed by atoms with Crippen LogP contribution in [0.4, 0.5) is 5.69 Å². The maximum atomic E-state index is 12.0. The highest BCUT2D eigenvalue weighted by Gasteiger charge is 2.27. The molecule has 19 heavy (non-hydrogen) atoms. The predicted molar refractivity (Wildman–Crippen MR) is 75.6 cm³/mol. The van der Waals surface area contributed by atoms with E-state index in [4.69, 9.17) is 15.2 Å². The van der Waals surface area contributed by atoms with Crippen molar-refractivity contribution >= 4 is 11.6 Å². The van der Waals surface area contributed by atoms with Gasteiger partial charge in [-0.15, -0.1) is 0 Å². The van der Waals surface area contributed by atoms with E-state index in [9.17, 15) is 4.79 Å². The van der Waals surface area contributed by atoms with Crippen molar-refractivity contribution in [2.45, 2.75) is 26.8 Å². The van der Waals surface area contributed by atoms with Gasteiger partial charge in [0.2, 0.25) is 5.91 Å². The number of carbonyl (C=O) groups excluding carboxylic acids is 1. The summed E-state index contributed by atoms with van der Waals surface area (Å²) in [5.41, 5.74) is 6.21. The first-order valence-electron chi connectivity index (χ1n) is 6.07. The number of nitrogens with one attached hydrogen (secondary N) is 1. The zero-order valence-corrected chi connectivity index (χ0v) is 12.1. The van der Waals surface area contributed by atoms with Crippen LogP contribution in [-0.4, -0.2) is 26.2 Å². The third kappa shape index (κ3) is 4.13. The van der Waals surface area contributed by atoms with Gasteiger partial charge in [0.05, 0.1) is 20.3 Å². The van der Waals surface area contributed by atoms with E-state index in [2.05, 4.69) is 5.32 Å². The lowest BCUT2D eigenvalue weighted by Crippen LogP contribution is -2.45. The molecule has 3 N–H and O–H groups in total. The van der Waals surface area contributed by atoms with Gasteiger partial charge in [-0.1, -0.05) is 20.8 Å². The molecule has 0 unspecified atom stereocenters. The van der Waals surface area contributed by atoms with E-state index in [-0.39, 0.29) is 11.3 Å². The number of hydrogen-bond donors (Lipinski definition) is 2. The molecule has 5 nitrogen and oxygen atoms in total. The van der Waals surface area contributed by atoms with Crippen molar-refractivity contribution in [1.29, 1.82) is 0 Å². The fraction of sp³-hybridized carbons (Fsp3) is 0.500. The third-order valence-electron chi connectivity index (χ3n) is 2.83. The fourth-order valence-electron chi connectivity index (χ4n) is 1.49. The number of hydrogen-bond acceptors (Lipinski definition) is 4. The van der Waals surface area contributed by atoms with Gasteiger partial charge >= 0.3 is 0 Å². The zero-order chi connectivity index (χ0) is 14.6. The average molecular weight is 266 g/mol. The van der Waals surface area contributed by atoms with E-state index in [0.29, 0.717) is 17.2 Å². The molecular formula is C14H22N2O3. The summed E-state index contributed by atoms with van der Waals surface area (Å²) in [7, 11) is 3.11. The predicted octanol–water partition coefficient (Wildman–Crippen LogP) is 2.02. The maximum Gasteiger partial charge on any atom is 0.241 e. The van der Waals surface area contributed by atoms with Gasteiger partial charge < -0.3 is 20.5 Å². The Morgan fingerprint density at radius 2 is 1.63 bits per heavy atom. The Bertz CT molecular complexity index is 430. The SMILES string of the molecule is COc1cc(NC(=O)[C@@H](N)C(C)(C)C)cc(OC)c1. The zero-order valence-electron chi connectivity index (χ0n) is 12.1. The Balaban J connectivity index is 2.90. The number of amides is 1. The van der Waals surface area contributed by atoms with Crippen LogP contribution in [0.3, 0.4) is 0 Å². The summed E-state index contributed by atoms with van der Waals surface area (Å²) in [5, 5.41) is 2.77. The number of nitrogens with two attached hydrogens (primary N) is 1. The fourth-order valence-corrected chi connectivity index (χ4v) is 1.49. The number of anilines is 1. The van der Waals surface area contributed by atoms with E-state index in [0.717, 1.165) is 0 Å². The van der Waals surface area contributed by atoms with Crippen molar-refractivity contribution in [3.63, 3.8) is 0 Å². The molecular weight excluding hydrogens is 244 g/mol. The molecule has 0 aliphatic carbocycles. The van der Waals surface area contributed by atoms with Gasteiger partial charge in [-0.05, 0) is 5.41 Å². The molecule has 1 amide bonds. The van der Waals surface area contributed by atoms with E-state index in [1.165, 1.54) is 0 Å². The van der Waals surface area contributed by atoms with Crippen LogP contribution >= 0.6 is 0 Å². The summed E-state index contributed by atoms with van der Waals surface area (Å²) in [4.78, 5) is 12.0. The Morgan fingerprint density at radius 3 is 2.00 bits per heavy atom. The van der Waals surface area contributed by atoms with E-state index < -0.39 is 6.04 Å². The molecule has 0 aliphatic heterocycles. The van der Waals surface area contributed by atoms with Crippen molar-refractivity contribution in [2.24, 2.45) is 11.1 Å². The van der Waals surface area contributed by atoms with Crippen LogP contribution in [0.5, 0.6) is 11.5 Å². The largest absolute Gasteiger partial charge is 0.497 e. The van der Waals surface area contributed by atoms with E-state index >= 15 is 0 Å². The Morgan fingerprint density at radius 1 is 1.16 bits per heavy atom. The summed E-state index contributed by atoms with van der Waals surface area (Å²) in [6, 6.07) is 4.58. The molecule has 1 rings (SSSR count). The van der Waals surface area contributed by atoms with Gasteiger partial charge in [0, 0.05) is 23.9 Å². The van der Waals surface area contributed by atoms with E-state index in [1.807, 2.05) is 20.8 Å². The summed E-state index contributed by atoms with van der Waals surface area (Å²) < 4.78 is 10.3. The molecule has 1 aromatic rings. The second-order valence-corrected chi connectivity index (χ2v) is 5.43. The minimum Gasteiger partial charge on any atom is -0.497 e. The van der Waals surface area contributed by atoms with Gasteiger partial charge in [-0.3, -0.25) is 4.79 Å². The van der Waals surface area contributed by atoms with Gasteiger partial charge in [0.15, 0.2) is 0 Å². The quantitative estimate of drug-likeness (QED) is 0.874. The van der Waals surface area contributed by atoms with Crippen molar-refractivity contribution in [2.75, 3.05) is 19.5 Å². The Labute approximate surface area is 114 Å². The minimum atomic E-state index is -0.593. The van der Waals surface area contributed by atoms with Crippen LogP contribution in [0.2, 0.25) is 0 Å². The normalized spacial score (nSPS) is 12.7. The molecule has 0 radical (unpaired) electrons. The van der Waals surface area contributed by atoms with Crippen LogP contribution in [-0.2, 0) is 4.79 Å². The Kier molecular flexibility index (Phi) is 4.78. The van der Waals surface area contributed by atoms with Crippen molar-refractivity contribution in [1.82, 2.24) is 0 Å². The number of rotatable bonds is 4. The average Bonchev–Trinajstić information content (AvgIpc) is 2.36. The highest BCUT2D eigenvalue weighted by atomic mass is 16.5. The van der Waals surface area contributed by atoms with Gasteiger partial charge in [0.1, 0.15) is 11.5 Å². The standard InChI is InChI=1S/C14H22N2O3/c1-14(2,3)12(15)13(17)16-9-6-10(18-4)8-11(7-9)19-5/h6-8,12H,15H2,1-5H3,(H,16,17)/t12-/m1/s1. The second kappa shape index (κ2) is 5.93. The van der Waals surface area contributed by atoms with E-state index in [1.54, 1.807) is 32.4 Å². The Hall–Kier alpha value is -1.75. The van der Waals surface area contributed by atoms with Crippen LogP contribution in [0.1, 0.15) is 20.8 Å². The smallest absolute Gasteiger partial charge is 0.241 e. The third-order valence-corrected chi connectivity index (χ3v) is 2.83. The lowest BCUT2D eigenvalue weighted by atomic mass is 9.87. The number of benzene rings is 1. The number of carbonyl (C=O) groups is 1. The van der Waals surface area contributed by atoms with Crippen molar-refractivity contribution < 1.29 is 14.3 Å². The molecule has 0 saturated heterocycles. The lowest BCUT2D eigenvalue weighted by Gasteiger charge is -2.25. The van der Waals surface area contributed by atoms with Crippen LogP contribution < -0.4 is 20.5 Å². The maximum absolute atomic E-state index is 12.0. The monoisotopic (exact) mass is 266 g/mol. The summed E-state index contributed by atoms with van der Waals surface area (Å²) in [5.74, 6) is 0.987. The molecule has 0 aliphatic rings. The van der Waals surface area contributed by atoms with Crippen LogP contribution in [0.15, 0.2) is 18.2 Å². The number of ether oxygens (including phenoxy) is 2. The summed E-state index contributed by atoms with van der Waals surface area (Å²) in [6.45, 7) is 5.76. The minimum absolute atomic E-state index is 0.234. The molecule has 0 fully saturated rings. The number of methoxy groups -OCH3 is 2. The summed E-state index contributed by atoms with van der Waals surface area (Å²) >= 11 is 0. The van der Waals surface area contributed by atoms with Gasteiger partial charge in [-0.25, -0.2) is 0 Å². The molecule has 0 spiro atoms. The summed E-state index contributed by atoms with van der Waals surface area (Å²) in [6.07, 6.45) is 0. The van der Waals surface area contributed by atoms with Crippen molar-refractivity contribution in [3.8, 4) is 11.5 Å². The molecule has 0 bridgehead atoms. The first-order valence-corrected chi connectivity index (χ1v) is 6.07. The molecule has 0 aromatic heterocycles. The second-order valence-electron chi connectivity index (χ2n) is 5.43. The molecule has 0 heterocycles.